The Balaban J connectivity index is 3.49. The first-order valence-corrected chi connectivity index (χ1v) is 10.3. The summed E-state index contributed by atoms with van der Waals surface area (Å²) in [5.41, 5.74) is 3.41. The second kappa shape index (κ2) is 7.75. The number of rotatable bonds is 5. The van der Waals surface area contributed by atoms with Gasteiger partial charge in [0, 0.05) is 10.3 Å². The largest absolute Gasteiger partial charge is 0.132 e. The molecule has 0 heterocycles. The molecule has 0 aromatic carbocycles. The summed E-state index contributed by atoms with van der Waals surface area (Å²) in [5.74, 6) is 3.33. The van der Waals surface area contributed by atoms with Crippen LogP contribution < -0.4 is 0 Å². The maximum absolute atomic E-state index is 3.41. The van der Waals surface area contributed by atoms with Crippen LogP contribution in [0.1, 0.15) is 39.0 Å². The molecule has 1 unspecified atom stereocenters. The molecule has 0 radical (unpaired) electrons. The highest BCUT2D eigenvalue weighted by atomic mass is 127. The molecule has 0 saturated heterocycles. The van der Waals surface area contributed by atoms with Crippen molar-refractivity contribution in [3.8, 4) is 11.5 Å². The van der Waals surface area contributed by atoms with Gasteiger partial charge in [0.25, 0.3) is 0 Å². The molecular formula is C12H23ISi. The van der Waals surface area contributed by atoms with Gasteiger partial charge < -0.3 is 0 Å². The minimum absolute atomic E-state index is 0.867. The average Bonchev–Trinajstić information content (AvgIpc) is 2.02. The summed E-state index contributed by atoms with van der Waals surface area (Å²) < 4.78 is 0.867. The number of unbranched alkanes of at least 4 members (excludes halogenated alkanes) is 1. The van der Waals surface area contributed by atoms with Gasteiger partial charge in [-0.1, -0.05) is 55.6 Å². The maximum Gasteiger partial charge on any atom is 0.129 e. The summed E-state index contributed by atoms with van der Waals surface area (Å²) >= 11 is 2.57. The van der Waals surface area contributed by atoms with Gasteiger partial charge in [0.15, 0.2) is 0 Å². The third-order valence-electron chi connectivity index (χ3n) is 1.88. The van der Waals surface area contributed by atoms with E-state index < -0.39 is 8.07 Å². The van der Waals surface area contributed by atoms with Crippen LogP contribution in [0.3, 0.4) is 0 Å². The van der Waals surface area contributed by atoms with E-state index in [1.165, 1.54) is 25.7 Å². The van der Waals surface area contributed by atoms with E-state index in [1.54, 1.807) is 0 Å². The van der Waals surface area contributed by atoms with Crippen LogP contribution >= 0.6 is 22.6 Å². The van der Waals surface area contributed by atoms with E-state index in [-0.39, 0.29) is 0 Å². The zero-order chi connectivity index (χ0) is 11.0. The molecule has 82 valence electrons. The Hall–Kier alpha value is 0.507. The van der Waals surface area contributed by atoms with Gasteiger partial charge in [0.1, 0.15) is 8.07 Å². The van der Waals surface area contributed by atoms with Crippen LogP contribution in [0.4, 0.5) is 0 Å². The Bertz CT molecular complexity index is 195. The van der Waals surface area contributed by atoms with E-state index in [0.29, 0.717) is 0 Å². The van der Waals surface area contributed by atoms with E-state index in [2.05, 4.69) is 60.6 Å². The third-order valence-corrected chi connectivity index (χ3v) is 4.06. The predicted octanol–water partition coefficient (Wildman–Crippen LogP) is 4.64. The molecular weight excluding hydrogens is 299 g/mol. The van der Waals surface area contributed by atoms with Crippen LogP contribution in [0.2, 0.25) is 19.6 Å². The van der Waals surface area contributed by atoms with Crippen molar-refractivity contribution < 1.29 is 0 Å². The Morgan fingerprint density at radius 2 is 1.86 bits per heavy atom. The second-order valence-corrected chi connectivity index (χ2v) is 11.3. The summed E-state index contributed by atoms with van der Waals surface area (Å²) in [4.78, 5) is 0. The van der Waals surface area contributed by atoms with E-state index in [1.807, 2.05) is 0 Å². The molecule has 0 aliphatic heterocycles. The first-order chi connectivity index (χ1) is 6.45. The molecule has 0 aliphatic carbocycles. The van der Waals surface area contributed by atoms with Gasteiger partial charge in [-0.15, -0.1) is 11.5 Å². The first kappa shape index (κ1) is 14.5. The molecule has 0 aliphatic rings. The molecule has 2 heteroatoms. The fraction of sp³-hybridized carbons (Fsp3) is 0.833. The number of hydrogen-bond acceptors (Lipinski definition) is 0. The van der Waals surface area contributed by atoms with E-state index >= 15 is 0 Å². The fourth-order valence-corrected chi connectivity index (χ4v) is 2.92. The second-order valence-electron chi connectivity index (χ2n) is 4.83. The molecule has 0 saturated carbocycles. The molecule has 0 N–H and O–H groups in total. The van der Waals surface area contributed by atoms with Crippen LogP contribution in [0.15, 0.2) is 0 Å². The number of halogens is 1. The predicted molar refractivity (Wildman–Crippen MR) is 77.7 cm³/mol. The van der Waals surface area contributed by atoms with Crippen molar-refractivity contribution in [2.75, 3.05) is 0 Å². The van der Waals surface area contributed by atoms with Crippen LogP contribution in [0.5, 0.6) is 0 Å². The van der Waals surface area contributed by atoms with Crippen molar-refractivity contribution in [3.63, 3.8) is 0 Å². The lowest BCUT2D eigenvalue weighted by Gasteiger charge is -2.06. The van der Waals surface area contributed by atoms with Gasteiger partial charge >= 0.3 is 0 Å². The normalized spacial score (nSPS) is 13.2. The van der Waals surface area contributed by atoms with Crippen LogP contribution in [0, 0.1) is 11.5 Å². The van der Waals surface area contributed by atoms with Crippen LogP contribution in [0.25, 0.3) is 0 Å². The molecule has 0 rings (SSSR count). The van der Waals surface area contributed by atoms with Crippen molar-refractivity contribution in [2.24, 2.45) is 0 Å². The van der Waals surface area contributed by atoms with Gasteiger partial charge in [-0.25, -0.2) is 0 Å². The molecule has 0 nitrogen and oxygen atoms in total. The van der Waals surface area contributed by atoms with Gasteiger partial charge in [-0.3, -0.25) is 0 Å². The molecule has 0 aromatic rings. The summed E-state index contributed by atoms with van der Waals surface area (Å²) in [5, 5.41) is 0. The van der Waals surface area contributed by atoms with E-state index in [4.69, 9.17) is 0 Å². The SMILES string of the molecule is CCCC(I)CCCC#C[Si](C)(C)C. The summed E-state index contributed by atoms with van der Waals surface area (Å²) in [6, 6.07) is 0. The van der Waals surface area contributed by atoms with Gasteiger partial charge in [0.05, 0.1) is 0 Å². The van der Waals surface area contributed by atoms with E-state index in [0.717, 1.165) is 10.3 Å². The van der Waals surface area contributed by atoms with Crippen molar-refractivity contribution in [1.82, 2.24) is 0 Å². The lowest BCUT2D eigenvalue weighted by Crippen LogP contribution is -2.16. The monoisotopic (exact) mass is 322 g/mol. The molecule has 1 atom stereocenters. The van der Waals surface area contributed by atoms with Gasteiger partial charge in [0.2, 0.25) is 0 Å². The Labute approximate surface area is 104 Å². The third kappa shape index (κ3) is 10.6. The van der Waals surface area contributed by atoms with Crippen molar-refractivity contribution in [3.05, 3.63) is 0 Å². The zero-order valence-corrected chi connectivity index (χ0v) is 13.1. The topological polar surface area (TPSA) is 0 Å². The Kier molecular flexibility index (Phi) is 8.03. The van der Waals surface area contributed by atoms with E-state index in [9.17, 15) is 0 Å². The Morgan fingerprint density at radius 3 is 2.36 bits per heavy atom. The standard InChI is InChI=1S/C12H23ISi/c1-5-9-12(13)10-7-6-8-11-14(2,3)4/h12H,5-7,9-10H2,1-4H3. The summed E-state index contributed by atoms with van der Waals surface area (Å²) in [6.45, 7) is 9.17. The highest BCUT2D eigenvalue weighted by Crippen LogP contribution is 2.15. The minimum Gasteiger partial charge on any atom is -0.132 e. The van der Waals surface area contributed by atoms with Crippen LogP contribution in [-0.2, 0) is 0 Å². The highest BCUT2D eigenvalue weighted by Gasteiger charge is 2.07. The summed E-state index contributed by atoms with van der Waals surface area (Å²) in [7, 11) is -1.11. The first-order valence-electron chi connectivity index (χ1n) is 5.60. The lowest BCUT2D eigenvalue weighted by atomic mass is 10.1. The number of alkyl halides is 1. The molecule has 0 fully saturated rings. The van der Waals surface area contributed by atoms with Crippen LogP contribution in [-0.4, -0.2) is 12.0 Å². The minimum atomic E-state index is -1.11. The quantitative estimate of drug-likeness (QED) is 0.227. The molecule has 14 heavy (non-hydrogen) atoms. The van der Waals surface area contributed by atoms with Gasteiger partial charge in [-0.05, 0) is 19.3 Å². The zero-order valence-electron chi connectivity index (χ0n) is 9.99. The van der Waals surface area contributed by atoms with Crippen molar-refractivity contribution >= 4 is 30.7 Å². The Morgan fingerprint density at radius 1 is 1.21 bits per heavy atom. The smallest absolute Gasteiger partial charge is 0.129 e. The molecule has 0 spiro atoms. The maximum atomic E-state index is 3.41. The average molecular weight is 322 g/mol. The molecule has 0 aromatic heterocycles. The van der Waals surface area contributed by atoms with Crippen molar-refractivity contribution in [2.45, 2.75) is 62.6 Å². The van der Waals surface area contributed by atoms with Gasteiger partial charge in [-0.2, -0.15) is 0 Å². The molecule has 0 amide bonds. The van der Waals surface area contributed by atoms with Crippen molar-refractivity contribution in [1.29, 1.82) is 0 Å². The fourth-order valence-electron chi connectivity index (χ4n) is 1.20. The highest BCUT2D eigenvalue weighted by molar-refractivity contribution is 14.1. The molecule has 0 bridgehead atoms. The number of hydrogen-bond donors (Lipinski definition) is 0. The summed E-state index contributed by atoms with van der Waals surface area (Å²) in [6.07, 6.45) is 6.41. The lowest BCUT2D eigenvalue weighted by molar-refractivity contribution is 0.675.